The second-order valence-corrected chi connectivity index (χ2v) is 7.11. The van der Waals surface area contributed by atoms with Gasteiger partial charge in [0.05, 0.1) is 22.2 Å². The number of rotatable bonds is 5. The first-order valence-electron chi connectivity index (χ1n) is 5.76. The number of benzene rings is 1. The highest BCUT2D eigenvalue weighted by Crippen LogP contribution is 2.15. The van der Waals surface area contributed by atoms with Crippen LogP contribution in [0.2, 0.25) is 0 Å². The normalized spacial score (nSPS) is 11.6. The van der Waals surface area contributed by atoms with Gasteiger partial charge in [-0.2, -0.15) is 0 Å². The summed E-state index contributed by atoms with van der Waals surface area (Å²) < 4.78 is 24.1. The molecule has 0 atom stereocenters. The fraction of sp³-hybridized carbons (Fsp3) is 0.308. The molecule has 0 aliphatic rings. The molecule has 0 unspecified atom stereocenters. The first-order chi connectivity index (χ1) is 8.59. The van der Waals surface area contributed by atoms with Crippen LogP contribution in [0.3, 0.4) is 0 Å². The van der Waals surface area contributed by atoms with Crippen LogP contribution in [0.4, 0.5) is 0 Å². The lowest BCUT2D eigenvalue weighted by atomic mass is 10.2. The summed E-state index contributed by atoms with van der Waals surface area (Å²) in [5.74, 6) is 0.102. The summed E-state index contributed by atoms with van der Waals surface area (Å²) in [6.07, 6.45) is 0.851. The van der Waals surface area contributed by atoms with Crippen molar-refractivity contribution < 1.29 is 8.42 Å². The Bertz CT molecular complexity index is 603. The molecule has 0 aliphatic carbocycles. The summed E-state index contributed by atoms with van der Waals surface area (Å²) in [4.78, 5) is 4.29. The molecule has 0 saturated heterocycles. The molecule has 96 valence electrons. The van der Waals surface area contributed by atoms with E-state index in [1.807, 2.05) is 42.6 Å². The summed E-state index contributed by atoms with van der Waals surface area (Å²) in [6, 6.07) is 9.24. The van der Waals surface area contributed by atoms with Crippen molar-refractivity contribution in [2.24, 2.45) is 0 Å². The van der Waals surface area contributed by atoms with Crippen molar-refractivity contribution in [2.45, 2.75) is 24.9 Å². The lowest BCUT2D eigenvalue weighted by molar-refractivity contribution is 0.594. The summed E-state index contributed by atoms with van der Waals surface area (Å²) >= 11 is 1.52. The van der Waals surface area contributed by atoms with Crippen molar-refractivity contribution >= 4 is 21.2 Å². The molecule has 0 fully saturated rings. The quantitative estimate of drug-likeness (QED) is 0.846. The smallest absolute Gasteiger partial charge is 0.160 e. The lowest BCUT2D eigenvalue weighted by Crippen LogP contribution is -2.07. The Balaban J connectivity index is 2.08. The Morgan fingerprint density at radius 2 is 1.89 bits per heavy atom. The first kappa shape index (κ1) is 13.2. The standard InChI is InChI=1S/C13H15NO2S2/c1-2-13-14-12(8-17-13)10-18(15,16)9-11-6-4-3-5-7-11/h3-8H,2,9-10H2,1H3. The highest BCUT2D eigenvalue weighted by Gasteiger charge is 2.15. The molecule has 0 saturated carbocycles. The minimum Gasteiger partial charge on any atom is -0.245 e. The molecule has 1 heterocycles. The van der Waals surface area contributed by atoms with Gasteiger partial charge < -0.3 is 0 Å². The van der Waals surface area contributed by atoms with Gasteiger partial charge in [-0.25, -0.2) is 13.4 Å². The Morgan fingerprint density at radius 1 is 1.17 bits per heavy atom. The van der Waals surface area contributed by atoms with E-state index in [2.05, 4.69) is 4.98 Å². The molecule has 0 N–H and O–H groups in total. The molecule has 2 rings (SSSR count). The average molecular weight is 281 g/mol. The van der Waals surface area contributed by atoms with E-state index in [0.717, 1.165) is 17.0 Å². The largest absolute Gasteiger partial charge is 0.245 e. The number of nitrogens with zero attached hydrogens (tertiary/aromatic N) is 1. The Kier molecular flexibility index (Phi) is 4.14. The van der Waals surface area contributed by atoms with Gasteiger partial charge in [0, 0.05) is 5.38 Å². The van der Waals surface area contributed by atoms with E-state index in [9.17, 15) is 8.42 Å². The van der Waals surface area contributed by atoms with Crippen molar-refractivity contribution in [1.29, 1.82) is 0 Å². The number of sulfone groups is 1. The Hall–Kier alpha value is -1.20. The molecule has 18 heavy (non-hydrogen) atoms. The highest BCUT2D eigenvalue weighted by atomic mass is 32.2. The van der Waals surface area contributed by atoms with Gasteiger partial charge in [0.2, 0.25) is 0 Å². The number of aryl methyl sites for hydroxylation is 1. The van der Waals surface area contributed by atoms with Gasteiger partial charge in [0.25, 0.3) is 0 Å². The van der Waals surface area contributed by atoms with Gasteiger partial charge in [-0.15, -0.1) is 11.3 Å². The summed E-state index contributed by atoms with van der Waals surface area (Å²) in [5.41, 5.74) is 1.48. The fourth-order valence-corrected chi connectivity index (χ4v) is 3.93. The monoisotopic (exact) mass is 281 g/mol. The zero-order valence-corrected chi connectivity index (χ0v) is 11.8. The summed E-state index contributed by atoms with van der Waals surface area (Å²) in [6.45, 7) is 2.01. The number of aromatic nitrogens is 1. The molecule has 1 aromatic carbocycles. The SMILES string of the molecule is CCc1nc(CS(=O)(=O)Cc2ccccc2)cs1. The van der Waals surface area contributed by atoms with E-state index < -0.39 is 9.84 Å². The third-order valence-electron chi connectivity index (χ3n) is 2.50. The molecule has 2 aromatic rings. The van der Waals surface area contributed by atoms with Crippen LogP contribution in [0.25, 0.3) is 0 Å². The predicted molar refractivity (Wildman–Crippen MR) is 74.3 cm³/mol. The van der Waals surface area contributed by atoms with Crippen LogP contribution in [0.1, 0.15) is 23.2 Å². The van der Waals surface area contributed by atoms with Crippen LogP contribution in [-0.4, -0.2) is 13.4 Å². The van der Waals surface area contributed by atoms with E-state index in [0.29, 0.717) is 5.69 Å². The second kappa shape index (κ2) is 5.63. The van der Waals surface area contributed by atoms with Crippen LogP contribution < -0.4 is 0 Å². The molecule has 1 aromatic heterocycles. The van der Waals surface area contributed by atoms with E-state index in [-0.39, 0.29) is 11.5 Å². The molecular formula is C13H15NO2S2. The van der Waals surface area contributed by atoms with Gasteiger partial charge in [-0.1, -0.05) is 37.3 Å². The molecule has 0 spiro atoms. The van der Waals surface area contributed by atoms with Crippen molar-refractivity contribution in [3.05, 3.63) is 52.0 Å². The Labute approximate surface area is 111 Å². The lowest BCUT2D eigenvalue weighted by Gasteiger charge is -2.02. The molecule has 0 radical (unpaired) electrons. The van der Waals surface area contributed by atoms with Gasteiger partial charge >= 0.3 is 0 Å². The maximum atomic E-state index is 12.0. The molecule has 5 heteroatoms. The average Bonchev–Trinajstić information content (AvgIpc) is 2.76. The van der Waals surface area contributed by atoms with Gasteiger partial charge in [-0.3, -0.25) is 0 Å². The minimum atomic E-state index is -3.14. The van der Waals surface area contributed by atoms with Crippen molar-refractivity contribution in [1.82, 2.24) is 4.98 Å². The molecule has 3 nitrogen and oxygen atoms in total. The van der Waals surface area contributed by atoms with E-state index >= 15 is 0 Å². The Morgan fingerprint density at radius 3 is 2.50 bits per heavy atom. The van der Waals surface area contributed by atoms with Crippen molar-refractivity contribution in [3.63, 3.8) is 0 Å². The van der Waals surface area contributed by atoms with Crippen LogP contribution >= 0.6 is 11.3 Å². The zero-order chi connectivity index (χ0) is 13.0. The number of hydrogen-bond donors (Lipinski definition) is 0. The zero-order valence-electron chi connectivity index (χ0n) is 10.2. The van der Waals surface area contributed by atoms with Gasteiger partial charge in [0.1, 0.15) is 0 Å². The molecular weight excluding hydrogens is 266 g/mol. The van der Waals surface area contributed by atoms with Crippen molar-refractivity contribution in [2.75, 3.05) is 0 Å². The van der Waals surface area contributed by atoms with Crippen LogP contribution in [0.5, 0.6) is 0 Å². The molecule has 0 amide bonds. The van der Waals surface area contributed by atoms with E-state index in [4.69, 9.17) is 0 Å². The maximum Gasteiger partial charge on any atom is 0.160 e. The summed E-state index contributed by atoms with van der Waals surface area (Å²) in [7, 11) is -3.14. The van der Waals surface area contributed by atoms with Gasteiger partial charge in [-0.05, 0) is 12.0 Å². The summed E-state index contributed by atoms with van der Waals surface area (Å²) in [5, 5.41) is 2.82. The van der Waals surface area contributed by atoms with E-state index in [1.54, 1.807) is 0 Å². The third-order valence-corrected chi connectivity index (χ3v) is 5.05. The minimum absolute atomic E-state index is 0.0262. The van der Waals surface area contributed by atoms with Crippen LogP contribution in [0, 0.1) is 0 Å². The van der Waals surface area contributed by atoms with Crippen LogP contribution in [-0.2, 0) is 27.8 Å². The maximum absolute atomic E-state index is 12.0. The number of hydrogen-bond acceptors (Lipinski definition) is 4. The second-order valence-electron chi connectivity index (χ2n) is 4.10. The fourth-order valence-electron chi connectivity index (χ4n) is 1.68. The molecule has 0 bridgehead atoms. The predicted octanol–water partition coefficient (Wildman–Crippen LogP) is 2.82. The first-order valence-corrected chi connectivity index (χ1v) is 8.47. The van der Waals surface area contributed by atoms with Gasteiger partial charge in [0.15, 0.2) is 9.84 Å². The number of thiazole rings is 1. The van der Waals surface area contributed by atoms with Crippen LogP contribution in [0.15, 0.2) is 35.7 Å². The molecule has 0 aliphatic heterocycles. The highest BCUT2D eigenvalue weighted by molar-refractivity contribution is 7.89. The topological polar surface area (TPSA) is 47.0 Å². The van der Waals surface area contributed by atoms with Crippen molar-refractivity contribution in [3.8, 4) is 0 Å². The third kappa shape index (κ3) is 3.65. The van der Waals surface area contributed by atoms with E-state index in [1.165, 1.54) is 11.3 Å².